The Morgan fingerprint density at radius 2 is 1.90 bits per heavy atom. The van der Waals surface area contributed by atoms with Gasteiger partial charge in [-0.1, -0.05) is 6.07 Å². The lowest BCUT2D eigenvalue weighted by atomic mass is 10.1. The zero-order chi connectivity index (χ0) is 20.6. The molecule has 0 radical (unpaired) electrons. The quantitative estimate of drug-likeness (QED) is 0.739. The first-order chi connectivity index (χ1) is 14.1. The summed E-state index contributed by atoms with van der Waals surface area (Å²) in [5.74, 6) is 0.250. The highest BCUT2D eigenvalue weighted by molar-refractivity contribution is 6.04. The monoisotopic (exact) mass is 399 g/mol. The summed E-state index contributed by atoms with van der Waals surface area (Å²) in [4.78, 5) is 26.3. The highest BCUT2D eigenvalue weighted by Crippen LogP contribution is 2.28. The van der Waals surface area contributed by atoms with Gasteiger partial charge in [-0.2, -0.15) is 0 Å². The van der Waals surface area contributed by atoms with Crippen molar-refractivity contribution in [2.75, 3.05) is 57.3 Å². The number of nitrogens with zero attached hydrogens (tertiary/aromatic N) is 1. The Morgan fingerprint density at radius 3 is 2.62 bits per heavy atom. The van der Waals surface area contributed by atoms with Crippen LogP contribution < -0.4 is 25.0 Å². The van der Waals surface area contributed by atoms with E-state index in [1.165, 1.54) is 14.2 Å². The van der Waals surface area contributed by atoms with E-state index < -0.39 is 0 Å². The van der Waals surface area contributed by atoms with Gasteiger partial charge in [0.1, 0.15) is 0 Å². The van der Waals surface area contributed by atoms with Crippen LogP contribution in [0.2, 0.25) is 0 Å². The number of hydrogen-bond donors (Lipinski definition) is 2. The maximum Gasteiger partial charge on any atom is 0.257 e. The third-order valence-electron chi connectivity index (χ3n) is 4.54. The molecule has 29 heavy (non-hydrogen) atoms. The first-order valence-corrected chi connectivity index (χ1v) is 9.36. The number of hydrogen-bond acceptors (Lipinski definition) is 6. The number of anilines is 2. The summed E-state index contributed by atoms with van der Waals surface area (Å²) < 4.78 is 16.1. The van der Waals surface area contributed by atoms with Gasteiger partial charge >= 0.3 is 0 Å². The highest BCUT2D eigenvalue weighted by Gasteiger charge is 2.14. The molecule has 1 aliphatic rings. The maximum absolute atomic E-state index is 12.7. The van der Waals surface area contributed by atoms with Crippen LogP contribution in [0.25, 0.3) is 0 Å². The minimum absolute atomic E-state index is 0.132. The van der Waals surface area contributed by atoms with Gasteiger partial charge in [0.2, 0.25) is 0 Å². The first kappa shape index (κ1) is 20.5. The fourth-order valence-electron chi connectivity index (χ4n) is 2.95. The lowest BCUT2D eigenvalue weighted by molar-refractivity contribution is -0.122. The Kier molecular flexibility index (Phi) is 6.91. The van der Waals surface area contributed by atoms with Crippen molar-refractivity contribution in [2.45, 2.75) is 0 Å². The fourth-order valence-corrected chi connectivity index (χ4v) is 2.95. The zero-order valence-corrected chi connectivity index (χ0v) is 16.6. The molecule has 3 rings (SSSR count). The van der Waals surface area contributed by atoms with Crippen molar-refractivity contribution in [2.24, 2.45) is 0 Å². The standard InChI is InChI=1S/C21H25N3O5/c1-22-20(25)14-29-18-7-6-15(12-19(18)27-2)21(26)23-16-4-3-5-17(13-16)24-8-10-28-11-9-24/h3-7,12-13H,8-11,14H2,1-2H3,(H,22,25)(H,23,26). The molecule has 8 nitrogen and oxygen atoms in total. The largest absolute Gasteiger partial charge is 0.493 e. The van der Waals surface area contributed by atoms with Crippen molar-refractivity contribution in [3.63, 3.8) is 0 Å². The first-order valence-electron chi connectivity index (χ1n) is 9.36. The second-order valence-corrected chi connectivity index (χ2v) is 6.43. The molecule has 0 bridgehead atoms. The number of likely N-dealkylation sites (N-methyl/N-ethyl adjacent to an activating group) is 1. The van der Waals surface area contributed by atoms with Gasteiger partial charge in [-0.05, 0) is 36.4 Å². The smallest absolute Gasteiger partial charge is 0.257 e. The molecule has 154 valence electrons. The van der Waals surface area contributed by atoms with E-state index in [1.807, 2.05) is 24.3 Å². The molecule has 0 atom stereocenters. The number of carbonyl (C=O) groups is 2. The second kappa shape index (κ2) is 9.79. The molecular weight excluding hydrogens is 374 g/mol. The van der Waals surface area contributed by atoms with Crippen molar-refractivity contribution in [3.05, 3.63) is 48.0 Å². The van der Waals surface area contributed by atoms with Gasteiger partial charge in [0, 0.05) is 37.1 Å². The maximum atomic E-state index is 12.7. The summed E-state index contributed by atoms with van der Waals surface area (Å²) in [6, 6.07) is 12.5. The van der Waals surface area contributed by atoms with E-state index in [-0.39, 0.29) is 18.4 Å². The van der Waals surface area contributed by atoms with Gasteiger partial charge < -0.3 is 29.7 Å². The third kappa shape index (κ3) is 5.39. The van der Waals surface area contributed by atoms with Crippen LogP contribution in [0.3, 0.4) is 0 Å². The molecule has 2 N–H and O–H groups in total. The molecule has 2 aromatic rings. The van der Waals surface area contributed by atoms with Crippen molar-refractivity contribution < 1.29 is 23.8 Å². The minimum atomic E-state index is -0.264. The second-order valence-electron chi connectivity index (χ2n) is 6.43. The number of morpholine rings is 1. The minimum Gasteiger partial charge on any atom is -0.493 e. The van der Waals surface area contributed by atoms with E-state index in [0.29, 0.717) is 36.0 Å². The lowest BCUT2D eigenvalue weighted by Crippen LogP contribution is -2.36. The van der Waals surface area contributed by atoms with Crippen molar-refractivity contribution in [3.8, 4) is 11.5 Å². The van der Waals surface area contributed by atoms with E-state index >= 15 is 0 Å². The topological polar surface area (TPSA) is 89.1 Å². The predicted molar refractivity (Wildman–Crippen MR) is 110 cm³/mol. The number of amides is 2. The van der Waals surface area contributed by atoms with Crippen LogP contribution in [0.1, 0.15) is 10.4 Å². The van der Waals surface area contributed by atoms with Crippen LogP contribution in [0, 0.1) is 0 Å². The average Bonchev–Trinajstić information content (AvgIpc) is 2.78. The SMILES string of the molecule is CNC(=O)COc1ccc(C(=O)Nc2cccc(N3CCOCC3)c2)cc1OC. The van der Waals surface area contributed by atoms with Crippen LogP contribution >= 0.6 is 0 Å². The van der Waals surface area contributed by atoms with Crippen LogP contribution in [-0.2, 0) is 9.53 Å². The van der Waals surface area contributed by atoms with Gasteiger partial charge in [-0.15, -0.1) is 0 Å². The van der Waals surface area contributed by atoms with Gasteiger partial charge in [0.25, 0.3) is 11.8 Å². The van der Waals surface area contributed by atoms with Crippen LogP contribution in [0.15, 0.2) is 42.5 Å². The molecule has 2 amide bonds. The number of methoxy groups -OCH3 is 1. The molecule has 0 unspecified atom stereocenters. The van der Waals surface area contributed by atoms with E-state index in [2.05, 4.69) is 15.5 Å². The van der Waals surface area contributed by atoms with Crippen molar-refractivity contribution in [1.82, 2.24) is 5.32 Å². The van der Waals surface area contributed by atoms with E-state index in [4.69, 9.17) is 14.2 Å². The Labute approximate surface area is 169 Å². The number of benzene rings is 2. The number of rotatable bonds is 7. The summed E-state index contributed by atoms with van der Waals surface area (Å²) in [7, 11) is 3.01. The molecule has 1 saturated heterocycles. The molecular formula is C21H25N3O5. The molecule has 0 saturated carbocycles. The van der Waals surface area contributed by atoms with Gasteiger partial charge in [0.05, 0.1) is 20.3 Å². The molecule has 0 aliphatic carbocycles. The van der Waals surface area contributed by atoms with Crippen LogP contribution in [-0.4, -0.2) is 58.9 Å². The van der Waals surface area contributed by atoms with Gasteiger partial charge in [-0.3, -0.25) is 9.59 Å². The van der Waals surface area contributed by atoms with E-state index in [9.17, 15) is 9.59 Å². The Morgan fingerprint density at radius 1 is 1.10 bits per heavy atom. The van der Waals surface area contributed by atoms with Crippen molar-refractivity contribution >= 4 is 23.2 Å². The summed E-state index contributed by atoms with van der Waals surface area (Å²) >= 11 is 0. The normalized spacial score (nSPS) is 13.5. The molecule has 1 aliphatic heterocycles. The van der Waals surface area contributed by atoms with Crippen molar-refractivity contribution in [1.29, 1.82) is 0 Å². The van der Waals surface area contributed by atoms with Gasteiger partial charge in [0.15, 0.2) is 18.1 Å². The third-order valence-corrected chi connectivity index (χ3v) is 4.54. The zero-order valence-electron chi connectivity index (χ0n) is 16.6. The Balaban J connectivity index is 1.69. The average molecular weight is 399 g/mol. The number of ether oxygens (including phenoxy) is 3. The number of carbonyl (C=O) groups excluding carboxylic acids is 2. The summed E-state index contributed by atoms with van der Waals surface area (Å²) in [6.07, 6.45) is 0. The summed E-state index contributed by atoms with van der Waals surface area (Å²) in [5, 5.41) is 5.39. The van der Waals surface area contributed by atoms with E-state index in [1.54, 1.807) is 18.2 Å². The summed E-state index contributed by atoms with van der Waals surface area (Å²) in [6.45, 7) is 2.92. The van der Waals surface area contributed by atoms with Crippen LogP contribution in [0.4, 0.5) is 11.4 Å². The Bertz CT molecular complexity index is 865. The van der Waals surface area contributed by atoms with Crippen LogP contribution in [0.5, 0.6) is 11.5 Å². The fraction of sp³-hybridized carbons (Fsp3) is 0.333. The highest BCUT2D eigenvalue weighted by atomic mass is 16.5. The predicted octanol–water partition coefficient (Wildman–Crippen LogP) is 1.91. The molecule has 2 aromatic carbocycles. The van der Waals surface area contributed by atoms with Gasteiger partial charge in [-0.25, -0.2) is 0 Å². The molecule has 0 aromatic heterocycles. The summed E-state index contributed by atoms with van der Waals surface area (Å²) in [5.41, 5.74) is 2.17. The van der Waals surface area contributed by atoms with E-state index in [0.717, 1.165) is 18.8 Å². The lowest BCUT2D eigenvalue weighted by Gasteiger charge is -2.29. The molecule has 1 fully saturated rings. The molecule has 8 heteroatoms. The number of nitrogens with one attached hydrogen (secondary N) is 2. The molecule has 1 heterocycles. The Hall–Kier alpha value is -3.26. The molecule has 0 spiro atoms.